The first kappa shape index (κ1) is 10.2. The van der Waals surface area contributed by atoms with E-state index in [1.54, 1.807) is 12.1 Å². The van der Waals surface area contributed by atoms with Crippen LogP contribution >= 0.6 is 23.2 Å². The molecule has 14 heavy (non-hydrogen) atoms. The average Bonchev–Trinajstić information content (AvgIpc) is 2.08. The summed E-state index contributed by atoms with van der Waals surface area (Å²) in [6.07, 6.45) is 0.449. The molecule has 0 radical (unpaired) electrons. The Hall–Kier alpha value is -0.340. The Morgan fingerprint density at radius 3 is 2.43 bits per heavy atom. The van der Waals surface area contributed by atoms with E-state index in [0.29, 0.717) is 22.0 Å². The van der Waals surface area contributed by atoms with Crippen molar-refractivity contribution in [3.05, 3.63) is 33.8 Å². The van der Waals surface area contributed by atoms with Crippen molar-refractivity contribution < 1.29 is 8.78 Å². The van der Waals surface area contributed by atoms with Crippen molar-refractivity contribution in [2.24, 2.45) is 0 Å². The molecule has 1 aliphatic rings. The van der Waals surface area contributed by atoms with Gasteiger partial charge in [-0.2, -0.15) is 0 Å². The van der Waals surface area contributed by atoms with Gasteiger partial charge in [0.1, 0.15) is 0 Å². The van der Waals surface area contributed by atoms with E-state index in [1.807, 2.05) is 0 Å². The maximum absolute atomic E-state index is 13.1. The summed E-state index contributed by atoms with van der Waals surface area (Å²) in [7, 11) is 0. The largest absolute Gasteiger partial charge is 0.254 e. The van der Waals surface area contributed by atoms with Gasteiger partial charge in [-0.3, -0.25) is 0 Å². The zero-order valence-electron chi connectivity index (χ0n) is 7.24. The third-order valence-electron chi connectivity index (χ3n) is 2.61. The van der Waals surface area contributed by atoms with Crippen LogP contribution in [0, 0.1) is 0 Å². The van der Waals surface area contributed by atoms with E-state index in [4.69, 9.17) is 23.2 Å². The fraction of sp³-hybridized carbons (Fsp3) is 0.400. The summed E-state index contributed by atoms with van der Waals surface area (Å²) in [6.45, 7) is 0. The van der Waals surface area contributed by atoms with Gasteiger partial charge in [-0.25, -0.2) is 8.78 Å². The van der Waals surface area contributed by atoms with Crippen LogP contribution in [-0.4, -0.2) is 5.92 Å². The Morgan fingerprint density at radius 2 is 2.00 bits per heavy atom. The fourth-order valence-corrected chi connectivity index (χ4v) is 2.21. The number of halogens is 4. The van der Waals surface area contributed by atoms with Gasteiger partial charge in [-0.05, 0) is 24.1 Å². The molecular weight excluding hydrogens is 229 g/mol. The summed E-state index contributed by atoms with van der Waals surface area (Å²) in [5.74, 6) is -3.33. The second-order valence-corrected chi connectivity index (χ2v) is 4.36. The van der Waals surface area contributed by atoms with E-state index in [-0.39, 0.29) is 6.42 Å². The van der Waals surface area contributed by atoms with E-state index < -0.39 is 11.8 Å². The molecule has 0 heterocycles. The summed E-state index contributed by atoms with van der Waals surface area (Å²) in [6, 6.07) is 4.69. The van der Waals surface area contributed by atoms with E-state index in [9.17, 15) is 8.78 Å². The highest BCUT2D eigenvalue weighted by Crippen LogP contribution is 2.51. The second kappa shape index (κ2) is 3.35. The standard InChI is InChI=1S/C10H8Cl2F2/c11-6-1-2-7(9(12)5-6)8-3-4-10(8,13)14/h1-2,5,8H,3-4H2. The summed E-state index contributed by atoms with van der Waals surface area (Å²) >= 11 is 11.5. The number of benzene rings is 1. The molecule has 2 rings (SSSR count). The number of hydrogen-bond acceptors (Lipinski definition) is 0. The molecule has 4 heteroatoms. The van der Waals surface area contributed by atoms with Gasteiger partial charge < -0.3 is 0 Å². The van der Waals surface area contributed by atoms with Gasteiger partial charge in [-0.1, -0.05) is 29.3 Å². The molecule has 0 aliphatic heterocycles. The monoisotopic (exact) mass is 236 g/mol. The average molecular weight is 237 g/mol. The van der Waals surface area contributed by atoms with Gasteiger partial charge in [0, 0.05) is 22.4 Å². The molecule has 1 fully saturated rings. The van der Waals surface area contributed by atoms with Crippen molar-refractivity contribution in [1.82, 2.24) is 0 Å². The van der Waals surface area contributed by atoms with Crippen LogP contribution in [0.25, 0.3) is 0 Å². The van der Waals surface area contributed by atoms with Crippen LogP contribution in [0.1, 0.15) is 24.3 Å². The van der Waals surface area contributed by atoms with Gasteiger partial charge in [0.25, 0.3) is 5.92 Å². The highest BCUT2D eigenvalue weighted by atomic mass is 35.5. The van der Waals surface area contributed by atoms with Crippen molar-refractivity contribution in [1.29, 1.82) is 0 Å². The third kappa shape index (κ3) is 1.61. The van der Waals surface area contributed by atoms with Gasteiger partial charge in [0.2, 0.25) is 0 Å². The molecule has 0 spiro atoms. The predicted octanol–water partition coefficient (Wildman–Crippen LogP) is 4.51. The number of rotatable bonds is 1. The zero-order valence-corrected chi connectivity index (χ0v) is 8.75. The van der Waals surface area contributed by atoms with Gasteiger partial charge in [-0.15, -0.1) is 0 Å². The lowest BCUT2D eigenvalue weighted by molar-refractivity contribution is -0.0962. The smallest absolute Gasteiger partial charge is 0.206 e. The van der Waals surface area contributed by atoms with Crippen molar-refractivity contribution >= 4 is 23.2 Å². The van der Waals surface area contributed by atoms with Crippen LogP contribution in [0.3, 0.4) is 0 Å². The molecule has 1 unspecified atom stereocenters. The highest BCUT2D eigenvalue weighted by molar-refractivity contribution is 6.35. The minimum Gasteiger partial charge on any atom is -0.206 e. The Bertz CT molecular complexity index is 363. The Morgan fingerprint density at radius 1 is 1.29 bits per heavy atom. The Balaban J connectivity index is 2.33. The van der Waals surface area contributed by atoms with Crippen LogP contribution in [0.4, 0.5) is 8.78 Å². The molecule has 76 valence electrons. The molecule has 1 saturated carbocycles. The Labute approximate surface area is 90.8 Å². The molecule has 1 aromatic rings. The highest BCUT2D eigenvalue weighted by Gasteiger charge is 2.49. The van der Waals surface area contributed by atoms with E-state index >= 15 is 0 Å². The fourth-order valence-electron chi connectivity index (χ4n) is 1.67. The van der Waals surface area contributed by atoms with E-state index in [2.05, 4.69) is 0 Å². The normalized spacial score (nSPS) is 24.4. The van der Waals surface area contributed by atoms with Crippen molar-refractivity contribution in [2.75, 3.05) is 0 Å². The quantitative estimate of drug-likeness (QED) is 0.674. The summed E-state index contributed by atoms with van der Waals surface area (Å²) in [5.41, 5.74) is 0.507. The third-order valence-corrected chi connectivity index (χ3v) is 3.18. The van der Waals surface area contributed by atoms with Crippen LogP contribution in [0.15, 0.2) is 18.2 Å². The molecule has 0 nitrogen and oxygen atoms in total. The van der Waals surface area contributed by atoms with E-state index in [1.165, 1.54) is 6.07 Å². The second-order valence-electron chi connectivity index (χ2n) is 3.52. The van der Waals surface area contributed by atoms with Gasteiger partial charge in [0.15, 0.2) is 0 Å². The molecule has 0 amide bonds. The van der Waals surface area contributed by atoms with Crippen molar-refractivity contribution in [2.45, 2.75) is 24.7 Å². The summed E-state index contributed by atoms with van der Waals surface area (Å²) < 4.78 is 26.2. The molecule has 1 atom stereocenters. The van der Waals surface area contributed by atoms with Crippen molar-refractivity contribution in [3.63, 3.8) is 0 Å². The zero-order chi connectivity index (χ0) is 10.3. The molecule has 0 aromatic heterocycles. The first-order valence-electron chi connectivity index (χ1n) is 4.33. The van der Waals surface area contributed by atoms with Gasteiger partial charge >= 0.3 is 0 Å². The molecule has 1 aromatic carbocycles. The lowest BCUT2D eigenvalue weighted by Gasteiger charge is -2.37. The molecule has 0 bridgehead atoms. The molecule has 0 N–H and O–H groups in total. The van der Waals surface area contributed by atoms with Crippen LogP contribution in [0.2, 0.25) is 10.0 Å². The predicted molar refractivity (Wildman–Crippen MR) is 53.4 cm³/mol. The molecule has 1 aliphatic carbocycles. The first-order chi connectivity index (χ1) is 6.50. The Kier molecular flexibility index (Phi) is 2.44. The minimum atomic E-state index is -2.60. The van der Waals surface area contributed by atoms with Crippen LogP contribution in [0.5, 0.6) is 0 Å². The lowest BCUT2D eigenvalue weighted by Crippen LogP contribution is -2.36. The topological polar surface area (TPSA) is 0 Å². The van der Waals surface area contributed by atoms with Crippen molar-refractivity contribution in [3.8, 4) is 0 Å². The van der Waals surface area contributed by atoms with Gasteiger partial charge in [0.05, 0.1) is 0 Å². The number of hydrogen-bond donors (Lipinski definition) is 0. The minimum absolute atomic E-state index is 0.0450. The SMILES string of the molecule is FC1(F)CCC1c1ccc(Cl)cc1Cl. The summed E-state index contributed by atoms with van der Waals surface area (Å²) in [5, 5.41) is 0.809. The maximum atomic E-state index is 13.1. The first-order valence-corrected chi connectivity index (χ1v) is 5.09. The number of alkyl halides is 2. The lowest BCUT2D eigenvalue weighted by atomic mass is 9.76. The maximum Gasteiger partial charge on any atom is 0.254 e. The molecule has 0 saturated heterocycles. The van der Waals surface area contributed by atoms with Crippen LogP contribution in [-0.2, 0) is 0 Å². The van der Waals surface area contributed by atoms with E-state index in [0.717, 1.165) is 0 Å². The molecular formula is C10H8Cl2F2. The summed E-state index contributed by atoms with van der Waals surface area (Å²) in [4.78, 5) is 0. The van der Waals surface area contributed by atoms with Crippen LogP contribution < -0.4 is 0 Å².